The smallest absolute Gasteiger partial charge is 0.182 e. The minimum absolute atomic E-state index is 0.162. The van der Waals surface area contributed by atoms with Crippen molar-refractivity contribution < 1.29 is 18.7 Å². The number of carbonyl (C=O) groups is 1. The second kappa shape index (κ2) is 11.0. The van der Waals surface area contributed by atoms with Crippen LogP contribution in [0.2, 0.25) is 10.0 Å². The molecule has 0 amide bonds. The summed E-state index contributed by atoms with van der Waals surface area (Å²) in [6.45, 7) is 0.693. The van der Waals surface area contributed by atoms with E-state index in [4.69, 9.17) is 32.7 Å². The monoisotopic (exact) mass is 462 g/mol. The molecule has 0 saturated carbocycles. The van der Waals surface area contributed by atoms with E-state index in [0.29, 0.717) is 16.7 Å². The zero-order valence-corrected chi connectivity index (χ0v) is 16.9. The van der Waals surface area contributed by atoms with Crippen molar-refractivity contribution in [2.45, 2.75) is 30.3 Å². The van der Waals surface area contributed by atoms with Crippen molar-refractivity contribution >= 4 is 45.4 Å². The van der Waals surface area contributed by atoms with Crippen molar-refractivity contribution in [3.8, 4) is 0 Å². The summed E-state index contributed by atoms with van der Waals surface area (Å²) in [5.41, 5.74) is 1.78. The molecule has 0 unspecified atom stereocenters. The maximum Gasteiger partial charge on any atom is 0.182 e. The second-order valence-electron chi connectivity index (χ2n) is 5.64. The highest BCUT2D eigenvalue weighted by Crippen LogP contribution is 2.19. The molecule has 0 bridgehead atoms. The van der Waals surface area contributed by atoms with Gasteiger partial charge in [0.2, 0.25) is 0 Å². The average molecular weight is 464 g/mol. The summed E-state index contributed by atoms with van der Waals surface area (Å²) in [4.78, 5) is 10.4. The van der Waals surface area contributed by atoms with Gasteiger partial charge >= 0.3 is 0 Å². The summed E-state index contributed by atoms with van der Waals surface area (Å²) in [7, 11) is 0. The lowest BCUT2D eigenvalue weighted by Gasteiger charge is -2.23. The van der Waals surface area contributed by atoms with Crippen LogP contribution >= 0.6 is 39.1 Å². The van der Waals surface area contributed by atoms with Crippen molar-refractivity contribution in [3.05, 3.63) is 69.7 Å². The van der Waals surface area contributed by atoms with Gasteiger partial charge in [0.15, 0.2) is 12.5 Å². The van der Waals surface area contributed by atoms with Crippen LogP contribution in [-0.2, 0) is 27.5 Å². The van der Waals surface area contributed by atoms with Gasteiger partial charge in [-0.3, -0.25) is 0 Å². The van der Waals surface area contributed by atoms with Crippen molar-refractivity contribution in [2.75, 3.05) is 6.61 Å². The van der Waals surface area contributed by atoms with Gasteiger partial charge < -0.3 is 14.3 Å². The quantitative estimate of drug-likeness (QED) is 0.349. The highest BCUT2D eigenvalue weighted by Gasteiger charge is 2.29. The molecule has 2 aromatic carbocycles. The van der Waals surface area contributed by atoms with E-state index in [0.717, 1.165) is 11.1 Å². The van der Waals surface area contributed by atoms with E-state index in [1.54, 1.807) is 36.4 Å². The lowest BCUT2D eigenvalue weighted by molar-refractivity contribution is -0.118. The molecule has 0 aliphatic heterocycles. The molecule has 140 valence electrons. The van der Waals surface area contributed by atoms with E-state index in [9.17, 15) is 9.18 Å². The van der Waals surface area contributed by atoms with Gasteiger partial charge in [-0.2, -0.15) is 0 Å². The maximum atomic E-state index is 14.0. The second-order valence-corrected chi connectivity index (χ2v) is 7.69. The number of benzene rings is 2. The number of rotatable bonds is 10. The standard InChI is InChI=1S/C19H18BrCl2FO3/c20-17(12-25-10-13-1-5-15(21)6-2-13)19(18(23)9-24)26-11-14-3-7-16(22)8-4-14/h1-9,17-19H,10-12H2/t17-,18-,19+/m0/s1. The number of aldehydes is 1. The molecule has 0 aromatic heterocycles. The number of alkyl halides is 2. The highest BCUT2D eigenvalue weighted by molar-refractivity contribution is 9.09. The average Bonchev–Trinajstić information content (AvgIpc) is 2.64. The number of halogens is 4. The van der Waals surface area contributed by atoms with E-state index in [2.05, 4.69) is 15.9 Å². The summed E-state index contributed by atoms with van der Waals surface area (Å²) in [6.07, 6.45) is -2.49. The Hall–Kier alpha value is -0.980. The van der Waals surface area contributed by atoms with Gasteiger partial charge in [0.25, 0.3) is 0 Å². The predicted octanol–water partition coefficient (Wildman–Crippen LogP) is 5.40. The van der Waals surface area contributed by atoms with E-state index < -0.39 is 17.1 Å². The molecule has 0 spiro atoms. The van der Waals surface area contributed by atoms with Gasteiger partial charge in [-0.25, -0.2) is 4.39 Å². The van der Waals surface area contributed by atoms with Crippen LogP contribution < -0.4 is 0 Å². The van der Waals surface area contributed by atoms with E-state index >= 15 is 0 Å². The topological polar surface area (TPSA) is 35.5 Å². The Morgan fingerprint density at radius 1 is 0.962 bits per heavy atom. The molecule has 3 nitrogen and oxygen atoms in total. The van der Waals surface area contributed by atoms with Crippen LogP contribution in [0.4, 0.5) is 4.39 Å². The molecule has 0 aliphatic rings. The third-order valence-electron chi connectivity index (χ3n) is 3.62. The highest BCUT2D eigenvalue weighted by atomic mass is 79.9. The minimum Gasteiger partial charge on any atom is -0.376 e. The lowest BCUT2D eigenvalue weighted by atomic mass is 10.1. The van der Waals surface area contributed by atoms with Crippen LogP contribution in [0.1, 0.15) is 11.1 Å². The van der Waals surface area contributed by atoms with E-state index in [-0.39, 0.29) is 19.5 Å². The third kappa shape index (κ3) is 6.97. The van der Waals surface area contributed by atoms with Crippen LogP contribution in [0.25, 0.3) is 0 Å². The number of hydrogen-bond donors (Lipinski definition) is 0. The molecule has 0 radical (unpaired) electrons. The Labute approximate surface area is 170 Å². The van der Waals surface area contributed by atoms with Crippen molar-refractivity contribution in [1.82, 2.24) is 0 Å². The van der Waals surface area contributed by atoms with Crippen molar-refractivity contribution in [1.29, 1.82) is 0 Å². The van der Waals surface area contributed by atoms with Crippen molar-refractivity contribution in [2.24, 2.45) is 0 Å². The molecule has 7 heteroatoms. The molecule has 3 atom stereocenters. The first kappa shape index (κ1) is 21.3. The van der Waals surface area contributed by atoms with Gasteiger partial charge in [0.05, 0.1) is 24.6 Å². The van der Waals surface area contributed by atoms with Crippen LogP contribution in [0.5, 0.6) is 0 Å². The Balaban J connectivity index is 1.86. The summed E-state index contributed by atoms with van der Waals surface area (Å²) >= 11 is 15.0. The summed E-state index contributed by atoms with van der Waals surface area (Å²) in [5, 5.41) is 1.25. The summed E-state index contributed by atoms with van der Waals surface area (Å²) in [6, 6.07) is 14.3. The molecule has 0 N–H and O–H groups in total. The van der Waals surface area contributed by atoms with Crippen LogP contribution in [0, 0.1) is 0 Å². The van der Waals surface area contributed by atoms with Gasteiger partial charge in [-0.1, -0.05) is 63.4 Å². The first-order chi connectivity index (χ1) is 12.5. The van der Waals surface area contributed by atoms with Gasteiger partial charge in [0, 0.05) is 10.0 Å². The van der Waals surface area contributed by atoms with E-state index in [1.165, 1.54) is 0 Å². The molecule has 0 aliphatic carbocycles. The molecule has 26 heavy (non-hydrogen) atoms. The Bertz CT molecular complexity index is 682. The summed E-state index contributed by atoms with van der Waals surface area (Å²) in [5.74, 6) is 0. The third-order valence-corrected chi connectivity index (χ3v) is 4.90. The molecule has 2 aromatic rings. The van der Waals surface area contributed by atoms with E-state index in [1.807, 2.05) is 12.1 Å². The molecule has 2 rings (SSSR count). The first-order valence-electron chi connectivity index (χ1n) is 7.91. The molecule has 0 fully saturated rings. The fourth-order valence-electron chi connectivity index (χ4n) is 2.21. The van der Waals surface area contributed by atoms with Gasteiger partial charge in [-0.15, -0.1) is 0 Å². The first-order valence-corrected chi connectivity index (χ1v) is 9.58. The predicted molar refractivity (Wildman–Crippen MR) is 105 cm³/mol. The minimum atomic E-state index is -1.76. The Morgan fingerprint density at radius 3 is 1.96 bits per heavy atom. The van der Waals surface area contributed by atoms with Gasteiger partial charge in [-0.05, 0) is 35.4 Å². The van der Waals surface area contributed by atoms with Crippen LogP contribution in [-0.4, -0.2) is 30.0 Å². The number of carbonyl (C=O) groups excluding carboxylic acids is 1. The number of ether oxygens (including phenoxy) is 2. The Kier molecular flexibility index (Phi) is 9.02. The molecule has 0 saturated heterocycles. The fraction of sp³-hybridized carbons (Fsp3) is 0.316. The maximum absolute atomic E-state index is 14.0. The fourth-order valence-corrected chi connectivity index (χ4v) is 3.09. The lowest BCUT2D eigenvalue weighted by Crippen LogP contribution is -2.37. The number of hydrogen-bond acceptors (Lipinski definition) is 3. The van der Waals surface area contributed by atoms with Crippen molar-refractivity contribution in [3.63, 3.8) is 0 Å². The zero-order valence-electron chi connectivity index (χ0n) is 13.8. The molecular weight excluding hydrogens is 446 g/mol. The SMILES string of the molecule is O=C[C@H](F)[C@H](OCc1ccc(Cl)cc1)[C@@H](Br)COCc1ccc(Cl)cc1. The summed E-state index contributed by atoms with van der Waals surface area (Å²) < 4.78 is 25.2. The molecular formula is C19H18BrCl2FO3. The van der Waals surface area contributed by atoms with Crippen LogP contribution in [0.3, 0.4) is 0 Å². The normalized spacial score (nSPS) is 14.6. The van der Waals surface area contributed by atoms with Crippen LogP contribution in [0.15, 0.2) is 48.5 Å². The largest absolute Gasteiger partial charge is 0.376 e. The zero-order chi connectivity index (χ0) is 18.9. The molecule has 0 heterocycles. The van der Waals surface area contributed by atoms with Gasteiger partial charge in [0.1, 0.15) is 6.10 Å². The Morgan fingerprint density at radius 2 is 1.46 bits per heavy atom.